The van der Waals surface area contributed by atoms with E-state index in [0.29, 0.717) is 5.02 Å². The lowest BCUT2D eigenvalue weighted by Gasteiger charge is -2.39. The van der Waals surface area contributed by atoms with E-state index in [1.807, 2.05) is 18.2 Å². The topological polar surface area (TPSA) is 35.2 Å². The van der Waals surface area contributed by atoms with Crippen LogP contribution in [0.5, 0.6) is 5.75 Å². The SMILES string of the molecule is COc1cc(C2(N)CCC(C(C)C)CC2)ccc1Cl. The van der Waals surface area contributed by atoms with Crippen LogP contribution in [0.3, 0.4) is 0 Å². The van der Waals surface area contributed by atoms with Gasteiger partial charge in [0.25, 0.3) is 0 Å². The zero-order valence-electron chi connectivity index (χ0n) is 12.1. The highest BCUT2D eigenvalue weighted by Gasteiger charge is 2.34. The van der Waals surface area contributed by atoms with Gasteiger partial charge >= 0.3 is 0 Å². The molecule has 0 spiro atoms. The van der Waals surface area contributed by atoms with Gasteiger partial charge in [0.2, 0.25) is 0 Å². The molecule has 1 aromatic carbocycles. The molecule has 3 heteroatoms. The van der Waals surface area contributed by atoms with Crippen molar-refractivity contribution in [2.45, 2.75) is 45.1 Å². The van der Waals surface area contributed by atoms with Crippen molar-refractivity contribution in [1.29, 1.82) is 0 Å². The van der Waals surface area contributed by atoms with Crippen LogP contribution in [0.25, 0.3) is 0 Å². The Hall–Kier alpha value is -0.730. The van der Waals surface area contributed by atoms with Crippen LogP contribution in [0, 0.1) is 11.8 Å². The Bertz CT molecular complexity index is 436. The standard InChI is InChI=1S/C16H24ClNO/c1-11(2)12-6-8-16(18,9-7-12)13-4-5-14(17)15(10-13)19-3/h4-5,10-12H,6-9,18H2,1-3H3. The molecule has 0 unspecified atom stereocenters. The number of hydrogen-bond acceptors (Lipinski definition) is 2. The van der Waals surface area contributed by atoms with Gasteiger partial charge in [-0.3, -0.25) is 0 Å². The molecule has 1 saturated carbocycles. The summed E-state index contributed by atoms with van der Waals surface area (Å²) in [6.45, 7) is 4.61. The second kappa shape index (κ2) is 5.72. The Morgan fingerprint density at radius 3 is 2.47 bits per heavy atom. The fraction of sp³-hybridized carbons (Fsp3) is 0.625. The summed E-state index contributed by atoms with van der Waals surface area (Å²) in [7, 11) is 1.64. The normalized spacial score (nSPS) is 27.6. The van der Waals surface area contributed by atoms with E-state index in [1.165, 1.54) is 12.8 Å². The molecule has 1 aliphatic rings. The Kier molecular flexibility index (Phi) is 4.42. The van der Waals surface area contributed by atoms with Gasteiger partial charge in [-0.1, -0.05) is 31.5 Å². The molecular weight excluding hydrogens is 258 g/mol. The highest BCUT2D eigenvalue weighted by atomic mass is 35.5. The van der Waals surface area contributed by atoms with Crippen molar-refractivity contribution in [3.8, 4) is 5.75 Å². The molecule has 0 amide bonds. The van der Waals surface area contributed by atoms with Crippen LogP contribution in [-0.4, -0.2) is 7.11 Å². The van der Waals surface area contributed by atoms with Gasteiger partial charge in [0.1, 0.15) is 5.75 Å². The quantitative estimate of drug-likeness (QED) is 0.894. The van der Waals surface area contributed by atoms with Crippen LogP contribution >= 0.6 is 11.6 Å². The molecule has 0 bridgehead atoms. The highest BCUT2D eigenvalue weighted by molar-refractivity contribution is 6.32. The van der Waals surface area contributed by atoms with Gasteiger partial charge < -0.3 is 10.5 Å². The van der Waals surface area contributed by atoms with Crippen LogP contribution in [-0.2, 0) is 5.54 Å². The van der Waals surface area contributed by atoms with E-state index in [0.717, 1.165) is 36.0 Å². The van der Waals surface area contributed by atoms with Crippen molar-refractivity contribution in [2.24, 2.45) is 17.6 Å². The maximum absolute atomic E-state index is 6.62. The van der Waals surface area contributed by atoms with Crippen molar-refractivity contribution in [3.63, 3.8) is 0 Å². The molecule has 2 rings (SSSR count). The lowest BCUT2D eigenvalue weighted by molar-refractivity contribution is 0.196. The Morgan fingerprint density at radius 2 is 1.95 bits per heavy atom. The zero-order valence-corrected chi connectivity index (χ0v) is 12.8. The molecule has 0 radical (unpaired) electrons. The lowest BCUT2D eigenvalue weighted by atomic mass is 9.70. The minimum atomic E-state index is -0.219. The Labute approximate surface area is 121 Å². The van der Waals surface area contributed by atoms with Crippen molar-refractivity contribution >= 4 is 11.6 Å². The van der Waals surface area contributed by atoms with Gasteiger partial charge in [0, 0.05) is 5.54 Å². The maximum atomic E-state index is 6.62. The molecule has 0 heterocycles. The van der Waals surface area contributed by atoms with E-state index in [-0.39, 0.29) is 5.54 Å². The maximum Gasteiger partial charge on any atom is 0.137 e. The number of rotatable bonds is 3. The molecule has 0 aromatic heterocycles. The zero-order chi connectivity index (χ0) is 14.0. The van der Waals surface area contributed by atoms with Crippen molar-refractivity contribution in [2.75, 3.05) is 7.11 Å². The van der Waals surface area contributed by atoms with E-state index in [2.05, 4.69) is 13.8 Å². The summed E-state index contributed by atoms with van der Waals surface area (Å²) in [5.41, 5.74) is 7.55. The third-order valence-electron chi connectivity index (χ3n) is 4.59. The minimum Gasteiger partial charge on any atom is -0.495 e. The molecule has 0 aliphatic heterocycles. The summed E-state index contributed by atoms with van der Waals surface area (Å²) in [5, 5.41) is 0.644. The molecule has 2 nitrogen and oxygen atoms in total. The smallest absolute Gasteiger partial charge is 0.137 e. The molecule has 0 atom stereocenters. The predicted octanol–water partition coefficient (Wildman–Crippen LogP) is 4.35. The second-order valence-electron chi connectivity index (χ2n) is 6.09. The van der Waals surface area contributed by atoms with Gasteiger partial charge in [-0.2, -0.15) is 0 Å². The van der Waals surface area contributed by atoms with Crippen LogP contribution in [0.4, 0.5) is 0 Å². The molecule has 106 valence electrons. The molecule has 2 N–H and O–H groups in total. The summed E-state index contributed by atoms with van der Waals surface area (Å²) in [5.74, 6) is 2.28. The van der Waals surface area contributed by atoms with Crippen LogP contribution < -0.4 is 10.5 Å². The fourth-order valence-electron chi connectivity index (χ4n) is 3.08. The average Bonchev–Trinajstić information content (AvgIpc) is 2.39. The van der Waals surface area contributed by atoms with E-state index in [9.17, 15) is 0 Å². The van der Waals surface area contributed by atoms with E-state index in [1.54, 1.807) is 7.11 Å². The molecule has 1 aromatic rings. The number of methoxy groups -OCH3 is 1. The van der Waals surface area contributed by atoms with Gasteiger partial charge in [-0.05, 0) is 55.2 Å². The van der Waals surface area contributed by atoms with E-state index in [4.69, 9.17) is 22.1 Å². The summed E-state index contributed by atoms with van der Waals surface area (Å²) in [4.78, 5) is 0. The number of benzene rings is 1. The van der Waals surface area contributed by atoms with Crippen LogP contribution in [0.2, 0.25) is 5.02 Å². The molecule has 0 saturated heterocycles. The number of nitrogens with two attached hydrogens (primary N) is 1. The summed E-state index contributed by atoms with van der Waals surface area (Å²) >= 11 is 6.08. The average molecular weight is 282 g/mol. The first kappa shape index (κ1) is 14.7. The third kappa shape index (κ3) is 3.06. The summed E-state index contributed by atoms with van der Waals surface area (Å²) < 4.78 is 5.29. The number of halogens is 1. The monoisotopic (exact) mass is 281 g/mol. The van der Waals surface area contributed by atoms with Gasteiger partial charge in [-0.25, -0.2) is 0 Å². The Balaban J connectivity index is 2.17. The molecule has 1 aliphatic carbocycles. The van der Waals surface area contributed by atoms with E-state index < -0.39 is 0 Å². The first-order chi connectivity index (χ1) is 8.96. The number of ether oxygens (including phenoxy) is 1. The molecule has 19 heavy (non-hydrogen) atoms. The first-order valence-corrected chi connectivity index (χ1v) is 7.47. The van der Waals surface area contributed by atoms with Crippen LogP contribution in [0.15, 0.2) is 18.2 Å². The van der Waals surface area contributed by atoms with E-state index >= 15 is 0 Å². The van der Waals surface area contributed by atoms with Crippen molar-refractivity contribution < 1.29 is 4.74 Å². The largest absolute Gasteiger partial charge is 0.495 e. The second-order valence-corrected chi connectivity index (χ2v) is 6.49. The van der Waals surface area contributed by atoms with Gasteiger partial charge in [-0.15, -0.1) is 0 Å². The molecular formula is C16H24ClNO. The van der Waals surface area contributed by atoms with Crippen LogP contribution in [0.1, 0.15) is 45.1 Å². The Morgan fingerprint density at radius 1 is 1.32 bits per heavy atom. The van der Waals surface area contributed by atoms with Gasteiger partial charge in [0.15, 0.2) is 0 Å². The van der Waals surface area contributed by atoms with Crippen molar-refractivity contribution in [3.05, 3.63) is 28.8 Å². The van der Waals surface area contributed by atoms with Gasteiger partial charge in [0.05, 0.1) is 12.1 Å². The van der Waals surface area contributed by atoms with Crippen molar-refractivity contribution in [1.82, 2.24) is 0 Å². The predicted molar refractivity (Wildman–Crippen MR) is 80.7 cm³/mol. The summed E-state index contributed by atoms with van der Waals surface area (Å²) in [6, 6.07) is 5.93. The first-order valence-electron chi connectivity index (χ1n) is 7.09. The molecule has 1 fully saturated rings. The fourth-order valence-corrected chi connectivity index (χ4v) is 3.27. The number of hydrogen-bond donors (Lipinski definition) is 1. The lowest BCUT2D eigenvalue weighted by Crippen LogP contribution is -2.41. The highest BCUT2D eigenvalue weighted by Crippen LogP contribution is 2.41. The summed E-state index contributed by atoms with van der Waals surface area (Å²) in [6.07, 6.45) is 4.50. The minimum absolute atomic E-state index is 0.219. The third-order valence-corrected chi connectivity index (χ3v) is 4.90.